The fraction of sp³-hybridized carbons (Fsp3) is 0.515. The Balaban J connectivity index is 1.56. The summed E-state index contributed by atoms with van der Waals surface area (Å²) in [7, 11) is 0. The Labute approximate surface area is 248 Å². The molecule has 42 heavy (non-hydrogen) atoms. The minimum Gasteiger partial charge on any atom is -0.481 e. The molecule has 2 fully saturated rings. The molecule has 2 aromatic rings. The lowest BCUT2D eigenvalue weighted by molar-refractivity contribution is -0.137. The van der Waals surface area contributed by atoms with Crippen molar-refractivity contribution in [2.24, 2.45) is 11.3 Å². The van der Waals surface area contributed by atoms with E-state index in [0.29, 0.717) is 49.4 Å². The predicted molar refractivity (Wildman–Crippen MR) is 164 cm³/mol. The zero-order valence-corrected chi connectivity index (χ0v) is 25.2. The Bertz CT molecular complexity index is 1300. The van der Waals surface area contributed by atoms with Gasteiger partial charge in [-0.3, -0.25) is 19.2 Å². The molecule has 0 radical (unpaired) electrons. The fourth-order valence-corrected chi connectivity index (χ4v) is 5.40. The molecule has 9 nitrogen and oxygen atoms in total. The molecule has 3 N–H and O–H groups in total. The fourth-order valence-electron chi connectivity index (χ4n) is 5.40. The summed E-state index contributed by atoms with van der Waals surface area (Å²) in [4.78, 5) is 55.0. The molecule has 2 aliphatic rings. The first kappa shape index (κ1) is 31.1. The average molecular weight is 577 g/mol. The van der Waals surface area contributed by atoms with E-state index in [2.05, 4.69) is 36.3 Å². The number of anilines is 2. The molecule has 0 spiro atoms. The van der Waals surface area contributed by atoms with Crippen molar-refractivity contribution in [1.29, 1.82) is 0 Å². The Morgan fingerprint density at radius 2 is 1.67 bits per heavy atom. The van der Waals surface area contributed by atoms with Crippen molar-refractivity contribution in [1.82, 2.24) is 10.2 Å². The van der Waals surface area contributed by atoms with Crippen LogP contribution in [-0.2, 0) is 14.4 Å². The molecule has 4 rings (SSSR count). The molecule has 1 atom stereocenters. The van der Waals surface area contributed by atoms with Crippen molar-refractivity contribution in [3.05, 3.63) is 59.2 Å². The van der Waals surface area contributed by atoms with Crippen molar-refractivity contribution in [2.75, 3.05) is 36.4 Å². The normalized spacial score (nSPS) is 16.7. The Kier molecular flexibility index (Phi) is 9.91. The van der Waals surface area contributed by atoms with Crippen molar-refractivity contribution < 1.29 is 24.3 Å². The van der Waals surface area contributed by atoms with Crippen LogP contribution in [0.1, 0.15) is 86.8 Å². The van der Waals surface area contributed by atoms with Crippen molar-refractivity contribution in [3.8, 4) is 0 Å². The highest BCUT2D eigenvalue weighted by molar-refractivity contribution is 6.01. The number of hydrogen-bond donors (Lipinski definition) is 3. The van der Waals surface area contributed by atoms with Crippen molar-refractivity contribution in [3.63, 3.8) is 0 Å². The van der Waals surface area contributed by atoms with Gasteiger partial charge in [-0.25, -0.2) is 0 Å². The van der Waals surface area contributed by atoms with Crippen LogP contribution < -0.4 is 15.5 Å². The minimum atomic E-state index is -1.01. The van der Waals surface area contributed by atoms with Crippen LogP contribution in [0, 0.1) is 18.3 Å². The number of carboxylic acids is 1. The highest BCUT2D eigenvalue weighted by atomic mass is 16.4. The van der Waals surface area contributed by atoms with E-state index in [-0.39, 0.29) is 29.6 Å². The maximum atomic E-state index is 13.4. The van der Waals surface area contributed by atoms with Crippen LogP contribution in [0.3, 0.4) is 0 Å². The topological polar surface area (TPSA) is 119 Å². The number of rotatable bonds is 9. The number of carbonyl (C=O) groups is 4. The van der Waals surface area contributed by atoms with Gasteiger partial charge in [0.1, 0.15) is 0 Å². The summed E-state index contributed by atoms with van der Waals surface area (Å²) >= 11 is 0. The molecule has 9 heteroatoms. The number of nitrogens with zero attached hydrogens (tertiary/aromatic N) is 2. The zero-order valence-electron chi connectivity index (χ0n) is 25.2. The van der Waals surface area contributed by atoms with Gasteiger partial charge >= 0.3 is 5.97 Å². The quantitative estimate of drug-likeness (QED) is 0.380. The van der Waals surface area contributed by atoms with Crippen LogP contribution in [0.2, 0.25) is 0 Å². The first-order chi connectivity index (χ1) is 19.9. The molecule has 1 heterocycles. The van der Waals surface area contributed by atoms with Gasteiger partial charge in [0.15, 0.2) is 0 Å². The lowest BCUT2D eigenvalue weighted by Gasteiger charge is -2.29. The van der Waals surface area contributed by atoms with Crippen molar-refractivity contribution in [2.45, 2.75) is 72.3 Å². The van der Waals surface area contributed by atoms with Gasteiger partial charge in [-0.05, 0) is 55.4 Å². The minimum absolute atomic E-state index is 0.0357. The Morgan fingerprint density at radius 1 is 0.952 bits per heavy atom. The summed E-state index contributed by atoms with van der Waals surface area (Å²) < 4.78 is 0. The molecule has 2 aromatic carbocycles. The first-order valence-corrected chi connectivity index (χ1v) is 15.0. The largest absolute Gasteiger partial charge is 0.481 e. The van der Waals surface area contributed by atoms with Crippen LogP contribution in [0.4, 0.5) is 11.4 Å². The second-order valence-electron chi connectivity index (χ2n) is 12.8. The third kappa shape index (κ3) is 8.33. The Hall–Kier alpha value is -3.88. The SMILES string of the molecule is Cc1ccc(C(CC(=O)O)NC(=O)c2ccc(N3CCCN(C(=O)CC(C)(C)C)CC3)c(NC(=O)C3CCC3)c2)cc1. The number of carbonyl (C=O) groups excluding carboxylic acids is 3. The molecule has 1 saturated heterocycles. The summed E-state index contributed by atoms with van der Waals surface area (Å²) in [5.74, 6) is -1.37. The van der Waals surface area contributed by atoms with Gasteiger partial charge in [0, 0.05) is 44.1 Å². The monoisotopic (exact) mass is 576 g/mol. The van der Waals surface area contributed by atoms with E-state index >= 15 is 0 Å². The van der Waals surface area contributed by atoms with Crippen molar-refractivity contribution >= 4 is 35.1 Å². The molecule has 1 saturated carbocycles. The highest BCUT2D eigenvalue weighted by Gasteiger charge is 2.28. The van der Waals surface area contributed by atoms with Gasteiger partial charge in [-0.2, -0.15) is 0 Å². The summed E-state index contributed by atoms with van der Waals surface area (Å²) in [5, 5.41) is 15.5. The van der Waals surface area contributed by atoms with Gasteiger partial charge in [0.05, 0.1) is 23.8 Å². The molecule has 0 aromatic heterocycles. The molecule has 0 bridgehead atoms. The molecular weight excluding hydrogens is 532 g/mol. The molecule has 226 valence electrons. The third-order valence-corrected chi connectivity index (χ3v) is 8.03. The van der Waals surface area contributed by atoms with Gasteiger partial charge in [0.2, 0.25) is 11.8 Å². The lowest BCUT2D eigenvalue weighted by atomic mass is 9.85. The van der Waals surface area contributed by atoms with Crippen LogP contribution in [0.5, 0.6) is 0 Å². The predicted octanol–water partition coefficient (Wildman–Crippen LogP) is 5.15. The standard InChI is InChI=1S/C33H44N4O5/c1-22-9-11-23(12-10-22)26(20-30(39)40)34-32(42)25-13-14-28(27(19-25)35-31(41)24-7-5-8-24)36-15-6-16-37(18-17-36)29(38)21-33(2,3)4/h9-14,19,24,26H,5-8,15-18,20-21H2,1-4H3,(H,34,42)(H,35,41)(H,39,40). The van der Waals surface area contributed by atoms with Crippen LogP contribution in [0.25, 0.3) is 0 Å². The van der Waals surface area contributed by atoms with E-state index in [9.17, 15) is 24.3 Å². The lowest BCUT2D eigenvalue weighted by Crippen LogP contribution is -2.37. The number of benzene rings is 2. The van der Waals surface area contributed by atoms with E-state index in [1.807, 2.05) is 42.2 Å². The van der Waals surface area contributed by atoms with Gasteiger partial charge in [-0.1, -0.05) is 57.0 Å². The summed E-state index contributed by atoms with van der Waals surface area (Å²) in [6.45, 7) is 10.7. The maximum Gasteiger partial charge on any atom is 0.305 e. The van der Waals surface area contributed by atoms with Crippen LogP contribution in [0.15, 0.2) is 42.5 Å². The van der Waals surface area contributed by atoms with Crippen LogP contribution in [-0.4, -0.2) is 59.9 Å². The second-order valence-corrected chi connectivity index (χ2v) is 12.8. The third-order valence-electron chi connectivity index (χ3n) is 8.03. The first-order valence-electron chi connectivity index (χ1n) is 15.0. The number of aryl methyl sites for hydroxylation is 1. The molecule has 1 unspecified atom stereocenters. The maximum absolute atomic E-state index is 13.4. The zero-order chi connectivity index (χ0) is 30.4. The van der Waals surface area contributed by atoms with Crippen LogP contribution >= 0.6 is 0 Å². The van der Waals surface area contributed by atoms with E-state index in [1.54, 1.807) is 12.1 Å². The number of nitrogens with one attached hydrogen (secondary N) is 2. The Morgan fingerprint density at radius 3 is 2.29 bits per heavy atom. The number of hydrogen-bond acceptors (Lipinski definition) is 5. The average Bonchev–Trinajstić information content (AvgIpc) is 3.13. The summed E-state index contributed by atoms with van der Waals surface area (Å²) in [6, 6.07) is 12.0. The number of amides is 3. The molecular formula is C33H44N4O5. The smallest absolute Gasteiger partial charge is 0.305 e. The van der Waals surface area contributed by atoms with E-state index in [1.165, 1.54) is 0 Å². The highest BCUT2D eigenvalue weighted by Crippen LogP contribution is 2.33. The number of aliphatic carboxylic acids is 1. The number of carboxylic acid groups (broad SMARTS) is 1. The second kappa shape index (κ2) is 13.4. The molecule has 3 amide bonds. The molecule has 1 aliphatic heterocycles. The molecule has 1 aliphatic carbocycles. The van der Waals surface area contributed by atoms with Gasteiger partial charge < -0.3 is 25.5 Å². The van der Waals surface area contributed by atoms with E-state index in [4.69, 9.17) is 0 Å². The van der Waals surface area contributed by atoms with E-state index in [0.717, 1.165) is 36.9 Å². The van der Waals surface area contributed by atoms with Gasteiger partial charge in [-0.15, -0.1) is 0 Å². The van der Waals surface area contributed by atoms with Gasteiger partial charge in [0.25, 0.3) is 5.91 Å². The van der Waals surface area contributed by atoms with E-state index < -0.39 is 17.9 Å². The summed E-state index contributed by atoms with van der Waals surface area (Å²) in [5.41, 5.74) is 3.37. The summed E-state index contributed by atoms with van der Waals surface area (Å²) in [6.07, 6.45) is 3.76.